The van der Waals surface area contributed by atoms with E-state index in [-0.39, 0.29) is 31.7 Å². The maximum Gasteiger partial charge on any atom is 0.255 e. The van der Waals surface area contributed by atoms with Crippen molar-refractivity contribution >= 4 is 23.4 Å². The number of hydrogen-bond donors (Lipinski definition) is 2. The van der Waals surface area contributed by atoms with E-state index < -0.39 is 23.7 Å². The molecule has 2 saturated heterocycles. The minimum atomic E-state index is -1.85. The number of amides is 3. The Kier molecular flexibility index (Phi) is 6.32. The number of anilines is 1. The highest BCUT2D eigenvalue weighted by Crippen LogP contribution is 2.32. The molecule has 0 spiro atoms. The Morgan fingerprint density at radius 1 is 1.17 bits per heavy atom. The van der Waals surface area contributed by atoms with Gasteiger partial charge in [-0.2, -0.15) is 0 Å². The maximum absolute atomic E-state index is 14.5. The van der Waals surface area contributed by atoms with Gasteiger partial charge in [-0.1, -0.05) is 6.07 Å². The largest absolute Gasteiger partial charge is 0.492 e. The summed E-state index contributed by atoms with van der Waals surface area (Å²) < 4.78 is 29.0. The Hall–Kier alpha value is -3.46. The molecule has 5 rings (SSSR count). The Balaban J connectivity index is 1.27. The van der Waals surface area contributed by atoms with Crippen LogP contribution in [0.2, 0.25) is 0 Å². The molecule has 35 heavy (non-hydrogen) atoms. The number of ether oxygens (including phenoxy) is 1. The van der Waals surface area contributed by atoms with Crippen molar-refractivity contribution in [3.63, 3.8) is 0 Å². The van der Waals surface area contributed by atoms with E-state index in [1.807, 2.05) is 0 Å². The first-order valence-corrected chi connectivity index (χ1v) is 12.0. The number of nitrogens with zero attached hydrogens (tertiary/aromatic N) is 2. The van der Waals surface area contributed by atoms with E-state index in [1.54, 1.807) is 30.3 Å². The number of imide groups is 1. The number of fused-ring (bicyclic) bond motifs is 1. The molecule has 3 amide bonds. The molecule has 3 aliphatic rings. The molecule has 0 unspecified atom stereocenters. The molecule has 9 heteroatoms. The lowest BCUT2D eigenvalue weighted by molar-refractivity contribution is -0.136. The molecule has 184 valence electrons. The standard InChI is InChI=1S/C26H29FN4O4/c27-21-7-6-18(35-13-12-30-10-1-2-11-30)14-17(21)15-28-22-5-3-4-19-20(22)16-31(26(19)34)23-8-9-24(32)29-25(23)33/h3-7,14,23,28H,1-2,8-13,15-16H2,(H,29,32,33)/t23-/m1/s1/i23D. The van der Waals surface area contributed by atoms with Crippen molar-refractivity contribution in [3.05, 3.63) is 58.9 Å². The quantitative estimate of drug-likeness (QED) is 0.564. The van der Waals surface area contributed by atoms with Gasteiger partial charge in [-0.05, 0) is 62.7 Å². The average Bonchev–Trinajstić information content (AvgIpc) is 3.50. The van der Waals surface area contributed by atoms with Crippen molar-refractivity contribution in [1.82, 2.24) is 15.1 Å². The van der Waals surface area contributed by atoms with E-state index in [9.17, 15) is 18.8 Å². The minimum Gasteiger partial charge on any atom is -0.492 e. The van der Waals surface area contributed by atoms with Gasteiger partial charge in [-0.25, -0.2) is 4.39 Å². The summed E-state index contributed by atoms with van der Waals surface area (Å²) in [5.41, 5.74) is 2.07. The summed E-state index contributed by atoms with van der Waals surface area (Å²) in [6.07, 6.45) is 2.37. The van der Waals surface area contributed by atoms with Crippen molar-refractivity contribution in [2.24, 2.45) is 0 Å². The third-order valence-electron chi connectivity index (χ3n) is 6.76. The number of rotatable bonds is 8. The van der Waals surface area contributed by atoms with E-state index in [2.05, 4.69) is 15.5 Å². The number of likely N-dealkylation sites (tertiary alicyclic amines) is 1. The zero-order valence-corrected chi connectivity index (χ0v) is 19.4. The van der Waals surface area contributed by atoms with Gasteiger partial charge in [0.2, 0.25) is 11.8 Å². The number of piperidine rings is 1. The Morgan fingerprint density at radius 3 is 2.80 bits per heavy atom. The van der Waals surface area contributed by atoms with Crippen molar-refractivity contribution in [2.45, 2.75) is 44.8 Å². The Bertz CT molecular complexity index is 1200. The number of halogens is 1. The highest BCUT2D eigenvalue weighted by Gasteiger charge is 2.39. The molecule has 3 heterocycles. The topological polar surface area (TPSA) is 91.0 Å². The van der Waals surface area contributed by atoms with Crippen LogP contribution in [0.5, 0.6) is 5.75 Å². The molecule has 0 radical (unpaired) electrons. The van der Waals surface area contributed by atoms with Crippen LogP contribution < -0.4 is 15.4 Å². The molecule has 1 atom stereocenters. The van der Waals surface area contributed by atoms with Gasteiger partial charge in [0.05, 0.1) is 1.37 Å². The lowest BCUT2D eigenvalue weighted by Crippen LogP contribution is -2.52. The van der Waals surface area contributed by atoms with Gasteiger partial charge in [0.25, 0.3) is 5.91 Å². The molecule has 2 aromatic carbocycles. The van der Waals surface area contributed by atoms with Crippen LogP contribution in [0.4, 0.5) is 10.1 Å². The zero-order valence-electron chi connectivity index (χ0n) is 20.4. The fraction of sp³-hybridized carbons (Fsp3) is 0.423. The molecule has 2 fully saturated rings. The Morgan fingerprint density at radius 2 is 2.00 bits per heavy atom. The summed E-state index contributed by atoms with van der Waals surface area (Å²) in [6.45, 7) is 3.78. The zero-order chi connectivity index (χ0) is 25.3. The lowest BCUT2D eigenvalue weighted by atomic mass is 10.0. The third-order valence-corrected chi connectivity index (χ3v) is 6.76. The summed E-state index contributed by atoms with van der Waals surface area (Å²) in [6, 6.07) is 7.96. The van der Waals surface area contributed by atoms with E-state index in [0.717, 1.165) is 19.6 Å². The summed E-state index contributed by atoms with van der Waals surface area (Å²) in [5, 5.41) is 5.37. The van der Waals surface area contributed by atoms with E-state index in [4.69, 9.17) is 6.11 Å². The second kappa shape index (κ2) is 10.0. The highest BCUT2D eigenvalue weighted by atomic mass is 19.1. The normalized spacial score (nSPS) is 22.7. The van der Waals surface area contributed by atoms with Crippen molar-refractivity contribution in [2.75, 3.05) is 31.6 Å². The molecule has 0 saturated carbocycles. The van der Waals surface area contributed by atoms with Crippen LogP contribution >= 0.6 is 0 Å². The molecule has 0 aliphatic carbocycles. The van der Waals surface area contributed by atoms with Gasteiger partial charge in [-0.3, -0.25) is 24.6 Å². The number of nitrogens with one attached hydrogen (secondary N) is 2. The molecular weight excluding hydrogens is 451 g/mol. The van der Waals surface area contributed by atoms with Crippen LogP contribution in [-0.2, 0) is 22.7 Å². The van der Waals surface area contributed by atoms with Gasteiger partial charge in [0.15, 0.2) is 0 Å². The van der Waals surface area contributed by atoms with Gasteiger partial charge >= 0.3 is 0 Å². The number of carbonyl (C=O) groups is 3. The SMILES string of the molecule is [2H][C@@]1(N2Cc3c(NCc4cc(OCCN5CCCC5)ccc4F)cccc3C2=O)CCC(=O)NC1=O. The number of benzene rings is 2. The van der Waals surface area contributed by atoms with Crippen LogP contribution in [0, 0.1) is 5.82 Å². The fourth-order valence-corrected chi connectivity index (χ4v) is 4.85. The summed E-state index contributed by atoms with van der Waals surface area (Å²) in [7, 11) is 0. The summed E-state index contributed by atoms with van der Waals surface area (Å²) in [4.78, 5) is 40.6. The average molecular weight is 482 g/mol. The van der Waals surface area contributed by atoms with E-state index in [1.165, 1.54) is 23.8 Å². The van der Waals surface area contributed by atoms with Crippen LogP contribution in [0.15, 0.2) is 36.4 Å². The molecule has 2 aromatic rings. The van der Waals surface area contributed by atoms with Crippen LogP contribution in [0.1, 0.15) is 48.5 Å². The van der Waals surface area contributed by atoms with Crippen molar-refractivity contribution < 1.29 is 24.9 Å². The van der Waals surface area contributed by atoms with Crippen LogP contribution in [0.3, 0.4) is 0 Å². The summed E-state index contributed by atoms with van der Waals surface area (Å²) >= 11 is 0. The smallest absolute Gasteiger partial charge is 0.255 e. The molecular formula is C26H29FN4O4. The van der Waals surface area contributed by atoms with E-state index >= 15 is 0 Å². The first-order valence-electron chi connectivity index (χ1n) is 12.5. The number of hydrogen-bond acceptors (Lipinski definition) is 6. The van der Waals surface area contributed by atoms with Crippen molar-refractivity contribution in [3.8, 4) is 5.75 Å². The third kappa shape index (κ3) is 5.00. The van der Waals surface area contributed by atoms with Gasteiger partial charge in [-0.15, -0.1) is 0 Å². The lowest BCUT2D eigenvalue weighted by Gasteiger charge is -2.29. The maximum atomic E-state index is 14.5. The first kappa shape index (κ1) is 22.0. The van der Waals surface area contributed by atoms with Crippen molar-refractivity contribution in [1.29, 1.82) is 0 Å². The van der Waals surface area contributed by atoms with Gasteiger partial charge in [0, 0.05) is 48.4 Å². The monoisotopic (exact) mass is 481 g/mol. The predicted molar refractivity (Wildman–Crippen MR) is 127 cm³/mol. The Labute approximate surface area is 204 Å². The molecule has 3 aliphatic heterocycles. The molecule has 0 bridgehead atoms. The van der Waals surface area contributed by atoms with Gasteiger partial charge < -0.3 is 15.0 Å². The predicted octanol–water partition coefficient (Wildman–Crippen LogP) is 2.67. The molecule has 8 nitrogen and oxygen atoms in total. The number of carbonyl (C=O) groups excluding carboxylic acids is 3. The highest BCUT2D eigenvalue weighted by molar-refractivity contribution is 6.06. The van der Waals surface area contributed by atoms with E-state index in [0.29, 0.717) is 34.7 Å². The van der Waals surface area contributed by atoms with Crippen LogP contribution in [-0.4, -0.2) is 59.8 Å². The molecule has 2 N–H and O–H groups in total. The molecule has 0 aromatic heterocycles. The van der Waals surface area contributed by atoms with Gasteiger partial charge in [0.1, 0.15) is 24.2 Å². The van der Waals surface area contributed by atoms with Crippen LogP contribution in [0.25, 0.3) is 0 Å². The summed E-state index contributed by atoms with van der Waals surface area (Å²) in [5.74, 6) is -1.45. The minimum absolute atomic E-state index is 0.00378. The second-order valence-corrected chi connectivity index (χ2v) is 9.05. The fourth-order valence-electron chi connectivity index (χ4n) is 4.85. The second-order valence-electron chi connectivity index (χ2n) is 9.05. The first-order chi connectivity index (χ1) is 17.3.